The van der Waals surface area contributed by atoms with Crippen LogP contribution in [0.5, 0.6) is 0 Å². The molecule has 8 heteroatoms. The summed E-state index contributed by atoms with van der Waals surface area (Å²) in [6.07, 6.45) is 6.82. The number of hydrogen-bond donors (Lipinski definition) is 2. The van der Waals surface area contributed by atoms with Crippen LogP contribution in [0.15, 0.2) is 67.3 Å². The summed E-state index contributed by atoms with van der Waals surface area (Å²) in [6.45, 7) is 1.93. The summed E-state index contributed by atoms with van der Waals surface area (Å²) in [5.74, 6) is 0.204. The molecule has 0 atom stereocenters. The van der Waals surface area contributed by atoms with E-state index < -0.39 is 0 Å². The third kappa shape index (κ3) is 2.84. The highest BCUT2D eigenvalue weighted by Gasteiger charge is 2.18. The van der Waals surface area contributed by atoms with Crippen LogP contribution in [0.25, 0.3) is 56.0 Å². The van der Waals surface area contributed by atoms with Crippen molar-refractivity contribution in [2.24, 2.45) is 0 Å². The average molecular weight is 421 g/mol. The SMILES string of the molecule is Cc1ccncc1-c1cc2c(-c3nc4nccc(-c5ccccn5)c4[nH]3)n[nH]c2cc1F. The van der Waals surface area contributed by atoms with E-state index in [0.29, 0.717) is 28.2 Å². The van der Waals surface area contributed by atoms with Gasteiger partial charge in [-0.3, -0.25) is 15.1 Å². The van der Waals surface area contributed by atoms with Gasteiger partial charge in [-0.25, -0.2) is 14.4 Å². The average Bonchev–Trinajstić information content (AvgIpc) is 3.43. The van der Waals surface area contributed by atoms with Crippen molar-refractivity contribution in [3.63, 3.8) is 0 Å². The number of halogens is 1. The monoisotopic (exact) mass is 421 g/mol. The van der Waals surface area contributed by atoms with Crippen molar-refractivity contribution < 1.29 is 4.39 Å². The molecule has 154 valence electrons. The molecule has 7 nitrogen and oxygen atoms in total. The molecule has 2 N–H and O–H groups in total. The van der Waals surface area contributed by atoms with E-state index in [2.05, 4.69) is 35.1 Å². The van der Waals surface area contributed by atoms with Gasteiger partial charge in [-0.1, -0.05) is 6.07 Å². The standard InChI is InChI=1S/C24H16FN7/c1-13-5-8-26-12-17(13)15-10-16-20(11-18(15)25)31-32-22(16)24-29-21-14(6-9-28-23(21)30-24)19-4-2-3-7-27-19/h2-12H,1H3,(H,31,32)(H,28,29,30). The Kier molecular flexibility index (Phi) is 4.04. The first-order valence-corrected chi connectivity index (χ1v) is 10.0. The lowest BCUT2D eigenvalue weighted by Crippen LogP contribution is -1.90. The van der Waals surface area contributed by atoms with Gasteiger partial charge in [-0.15, -0.1) is 0 Å². The number of rotatable bonds is 3. The summed E-state index contributed by atoms with van der Waals surface area (Å²) in [4.78, 5) is 21.0. The second kappa shape index (κ2) is 7.05. The maximum Gasteiger partial charge on any atom is 0.178 e. The maximum absolute atomic E-state index is 14.9. The molecule has 5 heterocycles. The molecule has 0 unspecified atom stereocenters. The largest absolute Gasteiger partial charge is 0.335 e. The summed E-state index contributed by atoms with van der Waals surface area (Å²) in [7, 11) is 0. The molecule has 5 aromatic heterocycles. The number of H-pyrrole nitrogens is 2. The first-order chi connectivity index (χ1) is 15.7. The topological polar surface area (TPSA) is 96.0 Å². The number of benzene rings is 1. The van der Waals surface area contributed by atoms with Crippen molar-refractivity contribution in [2.45, 2.75) is 6.92 Å². The number of fused-ring (bicyclic) bond motifs is 2. The maximum atomic E-state index is 14.9. The lowest BCUT2D eigenvalue weighted by molar-refractivity contribution is 0.632. The molecule has 6 aromatic rings. The number of nitrogens with zero attached hydrogens (tertiary/aromatic N) is 5. The van der Waals surface area contributed by atoms with Gasteiger partial charge in [0.1, 0.15) is 11.5 Å². The molecule has 0 aliphatic rings. The zero-order valence-electron chi connectivity index (χ0n) is 17.0. The number of aromatic amines is 2. The number of pyridine rings is 3. The summed E-state index contributed by atoms with van der Waals surface area (Å²) in [5.41, 5.74) is 6.36. The van der Waals surface area contributed by atoms with E-state index in [1.54, 1.807) is 30.9 Å². The number of aryl methyl sites for hydroxylation is 1. The molecular weight excluding hydrogens is 405 g/mol. The van der Waals surface area contributed by atoms with E-state index in [9.17, 15) is 4.39 Å². The lowest BCUT2D eigenvalue weighted by atomic mass is 10.0. The molecule has 32 heavy (non-hydrogen) atoms. The van der Waals surface area contributed by atoms with Crippen molar-refractivity contribution >= 4 is 22.1 Å². The van der Waals surface area contributed by atoms with Gasteiger partial charge in [-0.05, 0) is 42.8 Å². The first kappa shape index (κ1) is 18.3. The van der Waals surface area contributed by atoms with E-state index in [-0.39, 0.29) is 5.82 Å². The Labute approximate surface area is 181 Å². The van der Waals surface area contributed by atoms with Crippen molar-refractivity contribution in [1.29, 1.82) is 0 Å². The second-order valence-electron chi connectivity index (χ2n) is 7.50. The van der Waals surface area contributed by atoms with Gasteiger partial charge < -0.3 is 4.98 Å². The second-order valence-corrected chi connectivity index (χ2v) is 7.50. The predicted octanol–water partition coefficient (Wildman–Crippen LogP) is 5.07. The number of imidazole rings is 1. The van der Waals surface area contributed by atoms with Crippen molar-refractivity contribution in [3.05, 3.63) is 78.6 Å². The molecule has 0 bridgehead atoms. The van der Waals surface area contributed by atoms with Crippen LogP contribution in [0.4, 0.5) is 4.39 Å². The highest BCUT2D eigenvalue weighted by Crippen LogP contribution is 2.34. The number of hydrogen-bond acceptors (Lipinski definition) is 5. The van der Waals surface area contributed by atoms with E-state index in [0.717, 1.165) is 33.3 Å². The predicted molar refractivity (Wildman–Crippen MR) is 120 cm³/mol. The first-order valence-electron chi connectivity index (χ1n) is 10.0. The summed E-state index contributed by atoms with van der Waals surface area (Å²) in [5, 5.41) is 8.08. The summed E-state index contributed by atoms with van der Waals surface area (Å²) >= 11 is 0. The highest BCUT2D eigenvalue weighted by atomic mass is 19.1. The Morgan fingerprint density at radius 1 is 0.906 bits per heavy atom. The molecule has 1 aromatic carbocycles. The summed E-state index contributed by atoms with van der Waals surface area (Å²) in [6, 6.07) is 12.7. The zero-order valence-corrected chi connectivity index (χ0v) is 17.0. The minimum absolute atomic E-state index is 0.340. The molecule has 0 saturated carbocycles. The molecule has 0 amide bonds. The molecule has 0 aliphatic carbocycles. The van der Waals surface area contributed by atoms with Gasteiger partial charge in [0.25, 0.3) is 0 Å². The van der Waals surface area contributed by atoms with Crippen LogP contribution < -0.4 is 0 Å². The van der Waals surface area contributed by atoms with Gasteiger partial charge in [0.15, 0.2) is 11.5 Å². The van der Waals surface area contributed by atoms with Crippen LogP contribution >= 0.6 is 0 Å². The summed E-state index contributed by atoms with van der Waals surface area (Å²) < 4.78 is 14.9. The van der Waals surface area contributed by atoms with Crippen molar-refractivity contribution in [2.75, 3.05) is 0 Å². The Morgan fingerprint density at radius 2 is 1.84 bits per heavy atom. The third-order valence-electron chi connectivity index (χ3n) is 5.54. The van der Waals surface area contributed by atoms with Gasteiger partial charge in [-0.2, -0.15) is 5.10 Å². The van der Waals surface area contributed by atoms with Crippen LogP contribution in [0.1, 0.15) is 5.56 Å². The van der Waals surface area contributed by atoms with Crippen molar-refractivity contribution in [1.82, 2.24) is 35.1 Å². The molecule has 6 rings (SSSR count). The molecule has 0 radical (unpaired) electrons. The Morgan fingerprint density at radius 3 is 2.69 bits per heavy atom. The van der Waals surface area contributed by atoms with Crippen LogP contribution in [0.3, 0.4) is 0 Å². The minimum Gasteiger partial charge on any atom is -0.335 e. The molecule has 0 fully saturated rings. The Balaban J connectivity index is 1.55. The molecule has 0 spiro atoms. The quantitative estimate of drug-likeness (QED) is 0.416. The molecule has 0 saturated heterocycles. The normalized spacial score (nSPS) is 11.4. The minimum atomic E-state index is -0.340. The van der Waals surface area contributed by atoms with Gasteiger partial charge in [0.2, 0.25) is 0 Å². The molecule has 0 aliphatic heterocycles. The van der Waals surface area contributed by atoms with Gasteiger partial charge in [0.05, 0.1) is 16.7 Å². The van der Waals surface area contributed by atoms with Crippen LogP contribution in [-0.4, -0.2) is 35.1 Å². The third-order valence-corrected chi connectivity index (χ3v) is 5.54. The Bertz CT molecular complexity index is 1600. The van der Waals surface area contributed by atoms with E-state index in [1.807, 2.05) is 37.3 Å². The fourth-order valence-corrected chi connectivity index (χ4v) is 3.93. The number of nitrogens with one attached hydrogen (secondary N) is 2. The van der Waals surface area contributed by atoms with E-state index in [1.165, 1.54) is 6.07 Å². The number of aromatic nitrogens is 7. The van der Waals surface area contributed by atoms with Gasteiger partial charge >= 0.3 is 0 Å². The smallest absolute Gasteiger partial charge is 0.178 e. The van der Waals surface area contributed by atoms with E-state index >= 15 is 0 Å². The molecular formula is C24H16FN7. The van der Waals surface area contributed by atoms with Crippen molar-refractivity contribution in [3.8, 4) is 33.9 Å². The fraction of sp³-hybridized carbons (Fsp3) is 0.0417. The van der Waals surface area contributed by atoms with Crippen LogP contribution in [-0.2, 0) is 0 Å². The highest BCUT2D eigenvalue weighted by molar-refractivity contribution is 5.97. The van der Waals surface area contributed by atoms with Crippen LogP contribution in [0.2, 0.25) is 0 Å². The lowest BCUT2D eigenvalue weighted by Gasteiger charge is -2.07. The Hall–Kier alpha value is -4.46. The van der Waals surface area contributed by atoms with Gasteiger partial charge in [0, 0.05) is 52.9 Å². The zero-order chi connectivity index (χ0) is 21.7. The van der Waals surface area contributed by atoms with Crippen LogP contribution in [0, 0.1) is 12.7 Å². The van der Waals surface area contributed by atoms with E-state index in [4.69, 9.17) is 0 Å². The fourth-order valence-electron chi connectivity index (χ4n) is 3.93.